The van der Waals surface area contributed by atoms with E-state index < -0.39 is 23.0 Å². The van der Waals surface area contributed by atoms with Crippen molar-refractivity contribution in [2.24, 2.45) is 5.92 Å². The third-order valence-corrected chi connectivity index (χ3v) is 10.0. The lowest BCUT2D eigenvalue weighted by Crippen LogP contribution is -2.75. The Morgan fingerprint density at radius 2 is 1.82 bits per heavy atom. The van der Waals surface area contributed by atoms with Gasteiger partial charge in [0.15, 0.2) is 17.6 Å². The third kappa shape index (κ3) is 3.22. The van der Waals surface area contributed by atoms with Gasteiger partial charge in [0.2, 0.25) is 0 Å². The van der Waals surface area contributed by atoms with Crippen LogP contribution in [0.5, 0.6) is 11.5 Å². The van der Waals surface area contributed by atoms with Gasteiger partial charge < -0.3 is 25.4 Å². The summed E-state index contributed by atoms with van der Waals surface area (Å²) in [6.45, 7) is 1.71. The SMILES string of the molecule is O=C(Nc1cccc(-c2ccccc2)c1)C1=C(O)[C@@H]2Oc3c(O)ccc4c3[C@@]23CCN(CC2CC2)[C@H](C4)[C@]3(O)C1. The van der Waals surface area contributed by atoms with Crippen molar-refractivity contribution in [1.29, 1.82) is 0 Å². The predicted molar refractivity (Wildman–Crippen MR) is 150 cm³/mol. The van der Waals surface area contributed by atoms with Crippen LogP contribution in [0.25, 0.3) is 11.1 Å². The monoisotopic (exact) mass is 536 g/mol. The summed E-state index contributed by atoms with van der Waals surface area (Å²) in [5.74, 6) is 0.378. The lowest BCUT2D eigenvalue weighted by molar-refractivity contribution is -0.172. The minimum absolute atomic E-state index is 0.000244. The molecule has 4 atom stereocenters. The second kappa shape index (κ2) is 8.35. The summed E-state index contributed by atoms with van der Waals surface area (Å²) in [5, 5.41) is 38.1. The van der Waals surface area contributed by atoms with Gasteiger partial charge in [0.05, 0.1) is 16.6 Å². The molecule has 2 bridgehead atoms. The minimum atomic E-state index is -1.33. The number of benzene rings is 3. The van der Waals surface area contributed by atoms with Crippen molar-refractivity contribution in [1.82, 2.24) is 4.90 Å². The smallest absolute Gasteiger partial charge is 0.255 e. The van der Waals surface area contributed by atoms with Crippen LogP contribution in [0.4, 0.5) is 5.69 Å². The highest BCUT2D eigenvalue weighted by Gasteiger charge is 2.73. The molecule has 1 saturated carbocycles. The number of hydrogen-bond donors (Lipinski definition) is 4. The number of carbonyl (C=O) groups is 1. The average Bonchev–Trinajstić information content (AvgIpc) is 3.70. The zero-order valence-electron chi connectivity index (χ0n) is 22.1. The lowest BCUT2D eigenvalue weighted by atomic mass is 9.49. The largest absolute Gasteiger partial charge is 0.508 e. The number of aliphatic hydroxyl groups excluding tert-OH is 1. The number of hydrogen-bond acceptors (Lipinski definition) is 6. The molecule has 3 aromatic carbocycles. The molecule has 2 aliphatic heterocycles. The van der Waals surface area contributed by atoms with Gasteiger partial charge >= 0.3 is 0 Å². The van der Waals surface area contributed by atoms with Crippen molar-refractivity contribution in [3.05, 3.63) is 89.2 Å². The molecule has 1 spiro atoms. The number of phenols is 1. The van der Waals surface area contributed by atoms with Crippen LogP contribution in [0.2, 0.25) is 0 Å². The first-order chi connectivity index (χ1) is 19.4. The Balaban J connectivity index is 1.20. The normalized spacial score (nSPS) is 30.0. The molecule has 0 aromatic heterocycles. The van der Waals surface area contributed by atoms with Crippen molar-refractivity contribution in [2.45, 2.75) is 55.3 Å². The number of amides is 1. The van der Waals surface area contributed by atoms with E-state index >= 15 is 0 Å². The quantitative estimate of drug-likeness (QED) is 0.378. The van der Waals surface area contributed by atoms with E-state index in [2.05, 4.69) is 10.2 Å². The number of carbonyl (C=O) groups excluding carboxylic acids is 1. The number of aliphatic hydroxyl groups is 2. The highest BCUT2D eigenvalue weighted by molar-refractivity contribution is 6.05. The minimum Gasteiger partial charge on any atom is -0.508 e. The van der Waals surface area contributed by atoms with Crippen molar-refractivity contribution in [3.8, 4) is 22.6 Å². The second-order valence-electron chi connectivity index (χ2n) is 12.2. The maximum absolute atomic E-state index is 13.8. The maximum Gasteiger partial charge on any atom is 0.255 e. The molecule has 1 saturated heterocycles. The third-order valence-electron chi connectivity index (χ3n) is 10.0. The van der Waals surface area contributed by atoms with Crippen molar-refractivity contribution in [3.63, 3.8) is 0 Å². The van der Waals surface area contributed by atoms with Gasteiger partial charge in [-0.3, -0.25) is 9.69 Å². The number of likely N-dealkylation sites (tertiary alicyclic amines) is 1. The number of anilines is 1. The number of ether oxygens (including phenoxy) is 1. The molecule has 7 heteroatoms. The van der Waals surface area contributed by atoms with Gasteiger partial charge in [-0.1, -0.05) is 48.5 Å². The zero-order valence-corrected chi connectivity index (χ0v) is 22.1. The molecule has 204 valence electrons. The van der Waals surface area contributed by atoms with Gasteiger partial charge in [0, 0.05) is 30.3 Å². The van der Waals surface area contributed by atoms with E-state index in [4.69, 9.17) is 4.74 Å². The van der Waals surface area contributed by atoms with Gasteiger partial charge in [-0.05, 0) is 73.0 Å². The number of nitrogens with zero attached hydrogens (tertiary/aromatic N) is 1. The number of aromatic hydroxyl groups is 1. The number of rotatable bonds is 5. The lowest BCUT2D eigenvalue weighted by Gasteiger charge is -2.62. The van der Waals surface area contributed by atoms with Crippen LogP contribution in [-0.4, -0.2) is 57.0 Å². The molecule has 8 rings (SSSR count). The van der Waals surface area contributed by atoms with E-state index in [1.54, 1.807) is 6.07 Å². The first-order valence-electron chi connectivity index (χ1n) is 14.3. The highest BCUT2D eigenvalue weighted by atomic mass is 16.5. The summed E-state index contributed by atoms with van der Waals surface area (Å²) < 4.78 is 6.31. The van der Waals surface area contributed by atoms with E-state index in [0.29, 0.717) is 30.2 Å². The molecular weight excluding hydrogens is 504 g/mol. The van der Waals surface area contributed by atoms with Crippen molar-refractivity contribution >= 4 is 11.6 Å². The van der Waals surface area contributed by atoms with E-state index in [1.165, 1.54) is 12.8 Å². The fraction of sp³-hybridized carbons (Fsp3) is 0.364. The predicted octanol–water partition coefficient (Wildman–Crippen LogP) is 4.68. The van der Waals surface area contributed by atoms with E-state index in [-0.39, 0.29) is 29.5 Å². The maximum atomic E-state index is 13.8. The molecule has 4 N–H and O–H groups in total. The molecule has 40 heavy (non-hydrogen) atoms. The first kappa shape index (κ1) is 24.0. The Kier molecular flexibility index (Phi) is 5.01. The van der Waals surface area contributed by atoms with E-state index in [0.717, 1.165) is 35.3 Å². The van der Waals surface area contributed by atoms with Gasteiger partial charge in [0.1, 0.15) is 5.76 Å². The summed E-state index contributed by atoms with van der Waals surface area (Å²) in [4.78, 5) is 16.2. The fourth-order valence-corrected chi connectivity index (χ4v) is 7.98. The Morgan fingerprint density at radius 1 is 1.02 bits per heavy atom. The number of nitrogens with one attached hydrogen (secondary N) is 1. The molecule has 7 nitrogen and oxygen atoms in total. The van der Waals surface area contributed by atoms with Crippen LogP contribution in [-0.2, 0) is 16.6 Å². The van der Waals surface area contributed by atoms with Crippen LogP contribution in [0.3, 0.4) is 0 Å². The summed E-state index contributed by atoms with van der Waals surface area (Å²) in [7, 11) is 0. The van der Waals surface area contributed by atoms with Gasteiger partial charge in [0.25, 0.3) is 5.91 Å². The fourth-order valence-electron chi connectivity index (χ4n) is 7.98. The van der Waals surface area contributed by atoms with E-state index in [9.17, 15) is 20.1 Å². The summed E-state index contributed by atoms with van der Waals surface area (Å²) in [6, 6.07) is 20.9. The van der Waals surface area contributed by atoms with Gasteiger partial charge in [-0.15, -0.1) is 0 Å². The van der Waals surface area contributed by atoms with Gasteiger partial charge in [-0.2, -0.15) is 0 Å². The second-order valence-corrected chi connectivity index (χ2v) is 12.2. The molecule has 0 unspecified atom stereocenters. The van der Waals surface area contributed by atoms with Crippen molar-refractivity contribution in [2.75, 3.05) is 18.4 Å². The average molecular weight is 537 g/mol. The molecule has 3 aliphatic carbocycles. The molecule has 3 aromatic rings. The molecule has 0 radical (unpaired) electrons. The standard InChI is InChI=1S/C33H32N2O5/c36-25-12-11-22-16-26-33(39)17-24(31(38)34-23-8-4-7-21(15-23)20-5-2-1-3-6-20)28(37)30-32(33,27(22)29(25)40-30)13-14-35(26)18-19-9-10-19/h1-8,11-12,15,19,26,30,36-37,39H,9-10,13-14,16-18H2,(H,34,38)/t26-,30+,32+,33-/m1/s1. The zero-order chi connectivity index (χ0) is 27.2. The van der Waals surface area contributed by atoms with Crippen LogP contribution in [0.15, 0.2) is 78.1 Å². The molecule has 5 aliphatic rings. The Bertz CT molecular complexity index is 1580. The Labute approximate surface area is 232 Å². The highest BCUT2D eigenvalue weighted by Crippen LogP contribution is 2.66. The Hall–Kier alpha value is -3.81. The van der Waals surface area contributed by atoms with Crippen molar-refractivity contribution < 1.29 is 24.9 Å². The molecule has 2 heterocycles. The summed E-state index contributed by atoms with van der Waals surface area (Å²) in [5.41, 5.74) is 2.35. The van der Waals surface area contributed by atoms with E-state index in [1.807, 2.05) is 60.7 Å². The molecular formula is C33H32N2O5. The van der Waals surface area contributed by atoms with Gasteiger partial charge in [-0.25, -0.2) is 0 Å². The number of piperidine rings is 1. The summed E-state index contributed by atoms with van der Waals surface area (Å²) >= 11 is 0. The van der Waals surface area contributed by atoms with Crippen LogP contribution >= 0.6 is 0 Å². The summed E-state index contributed by atoms with van der Waals surface area (Å²) in [6.07, 6.45) is 2.70. The number of phenolic OH excluding ortho intramolecular Hbond substituents is 1. The first-order valence-corrected chi connectivity index (χ1v) is 14.3. The molecule has 2 fully saturated rings. The van der Waals surface area contributed by atoms with Crippen LogP contribution < -0.4 is 10.1 Å². The van der Waals surface area contributed by atoms with Crippen LogP contribution in [0.1, 0.15) is 36.8 Å². The topological polar surface area (TPSA) is 102 Å². The Morgan fingerprint density at radius 3 is 2.62 bits per heavy atom. The molecule has 1 amide bonds. The van der Waals surface area contributed by atoms with Crippen LogP contribution in [0, 0.1) is 5.92 Å².